The molecule has 17 heavy (non-hydrogen) atoms. The number of aromatic nitrogens is 2. The molecular weight excluding hydrogens is 276 g/mol. The Morgan fingerprint density at radius 2 is 2.12 bits per heavy atom. The van der Waals surface area contributed by atoms with Crippen LogP contribution in [0.3, 0.4) is 0 Å². The van der Waals surface area contributed by atoms with Crippen molar-refractivity contribution in [3.8, 4) is 0 Å². The molecule has 1 heterocycles. The first-order chi connectivity index (χ1) is 8.11. The molecule has 0 atom stereocenters. The highest BCUT2D eigenvalue weighted by Gasteiger charge is 2.11. The maximum atomic E-state index is 4.77. The van der Waals surface area contributed by atoms with Gasteiger partial charge in [-0.05, 0) is 30.5 Å². The molecule has 0 N–H and O–H groups in total. The van der Waals surface area contributed by atoms with Gasteiger partial charge in [0, 0.05) is 17.4 Å². The van der Waals surface area contributed by atoms with E-state index >= 15 is 0 Å². The molecule has 92 valence electrons. The van der Waals surface area contributed by atoms with E-state index in [1.54, 1.807) is 0 Å². The first-order valence-electron chi connectivity index (χ1n) is 6.26. The number of nitrogens with zero attached hydrogens (tertiary/aromatic N) is 2. The average Bonchev–Trinajstić information content (AvgIpc) is 2.55. The molecule has 0 aliphatic carbocycles. The number of imidazole rings is 1. The molecule has 0 saturated heterocycles. The molecule has 1 aromatic heterocycles. The molecule has 0 amide bonds. The average molecular weight is 295 g/mol. The summed E-state index contributed by atoms with van der Waals surface area (Å²) in [7, 11) is 0. The second kappa shape index (κ2) is 5.21. The maximum absolute atomic E-state index is 4.77. The first kappa shape index (κ1) is 12.6. The first-order valence-corrected chi connectivity index (χ1v) is 7.05. The van der Waals surface area contributed by atoms with Gasteiger partial charge in [-0.25, -0.2) is 4.98 Å². The lowest BCUT2D eigenvalue weighted by Gasteiger charge is -2.09. The zero-order valence-corrected chi connectivity index (χ0v) is 12.3. The van der Waals surface area contributed by atoms with Gasteiger partial charge in [0.25, 0.3) is 0 Å². The number of hydrogen-bond acceptors (Lipinski definition) is 1. The molecular formula is C14H19BrN2. The van der Waals surface area contributed by atoms with E-state index in [0.29, 0.717) is 5.92 Å². The second-order valence-corrected chi connectivity index (χ2v) is 5.83. The van der Waals surface area contributed by atoms with Gasteiger partial charge in [0.15, 0.2) is 0 Å². The number of fused-ring (bicyclic) bond motifs is 1. The fourth-order valence-corrected chi connectivity index (χ4v) is 2.50. The topological polar surface area (TPSA) is 17.8 Å². The molecule has 1 aromatic carbocycles. The highest BCUT2D eigenvalue weighted by Crippen LogP contribution is 2.22. The maximum Gasteiger partial charge on any atom is 0.110 e. The summed E-state index contributed by atoms with van der Waals surface area (Å²) in [4.78, 5) is 4.77. The van der Waals surface area contributed by atoms with Crippen LogP contribution in [0, 0.1) is 5.92 Å². The van der Waals surface area contributed by atoms with E-state index in [2.05, 4.69) is 59.5 Å². The van der Waals surface area contributed by atoms with Crippen molar-refractivity contribution in [1.29, 1.82) is 0 Å². The largest absolute Gasteiger partial charge is 0.328 e. The Kier molecular flexibility index (Phi) is 3.87. The van der Waals surface area contributed by atoms with Crippen molar-refractivity contribution in [3.05, 3.63) is 28.5 Å². The molecule has 0 aliphatic heterocycles. The van der Waals surface area contributed by atoms with Gasteiger partial charge in [0.1, 0.15) is 5.82 Å². The summed E-state index contributed by atoms with van der Waals surface area (Å²) in [5.41, 5.74) is 2.36. The van der Waals surface area contributed by atoms with E-state index in [1.807, 2.05) is 0 Å². The van der Waals surface area contributed by atoms with E-state index < -0.39 is 0 Å². The van der Waals surface area contributed by atoms with Gasteiger partial charge in [0.05, 0.1) is 11.0 Å². The molecule has 2 rings (SSSR count). The molecule has 0 saturated carbocycles. The van der Waals surface area contributed by atoms with E-state index in [1.165, 1.54) is 11.3 Å². The Balaban J connectivity index is 2.53. The Morgan fingerprint density at radius 1 is 1.35 bits per heavy atom. The summed E-state index contributed by atoms with van der Waals surface area (Å²) < 4.78 is 3.46. The number of hydrogen-bond donors (Lipinski definition) is 0. The Labute approximate surface area is 111 Å². The van der Waals surface area contributed by atoms with Gasteiger partial charge in [-0.15, -0.1) is 0 Å². The van der Waals surface area contributed by atoms with Crippen LogP contribution in [-0.2, 0) is 13.0 Å². The third-order valence-corrected chi connectivity index (χ3v) is 3.32. The number of halogens is 1. The van der Waals surface area contributed by atoms with Gasteiger partial charge in [-0.1, -0.05) is 36.7 Å². The van der Waals surface area contributed by atoms with Crippen LogP contribution in [0.1, 0.15) is 33.0 Å². The monoisotopic (exact) mass is 294 g/mol. The standard InChI is InChI=1S/C14H19BrN2/c1-4-7-17-13-6-5-11(15)9-12(13)16-14(17)8-10(2)3/h5-6,9-10H,4,7-8H2,1-3H3. The van der Waals surface area contributed by atoms with Gasteiger partial charge in [-0.2, -0.15) is 0 Å². The van der Waals surface area contributed by atoms with Crippen molar-refractivity contribution in [2.75, 3.05) is 0 Å². The van der Waals surface area contributed by atoms with Gasteiger partial charge >= 0.3 is 0 Å². The normalized spacial score (nSPS) is 11.6. The SMILES string of the molecule is CCCn1c(CC(C)C)nc2cc(Br)ccc21. The molecule has 3 heteroatoms. The van der Waals surface area contributed by atoms with Crippen LogP contribution < -0.4 is 0 Å². The van der Waals surface area contributed by atoms with Gasteiger partial charge < -0.3 is 4.57 Å². The van der Waals surface area contributed by atoms with Crippen LogP contribution in [0.15, 0.2) is 22.7 Å². The van der Waals surface area contributed by atoms with E-state index in [0.717, 1.165) is 29.4 Å². The highest BCUT2D eigenvalue weighted by atomic mass is 79.9. The van der Waals surface area contributed by atoms with Gasteiger partial charge in [0.2, 0.25) is 0 Å². The van der Waals surface area contributed by atoms with E-state index in [4.69, 9.17) is 4.98 Å². The molecule has 0 aliphatic rings. The number of rotatable bonds is 4. The van der Waals surface area contributed by atoms with Crippen molar-refractivity contribution in [2.24, 2.45) is 5.92 Å². The van der Waals surface area contributed by atoms with Crippen molar-refractivity contribution in [1.82, 2.24) is 9.55 Å². The zero-order chi connectivity index (χ0) is 12.4. The van der Waals surface area contributed by atoms with E-state index in [-0.39, 0.29) is 0 Å². The zero-order valence-electron chi connectivity index (χ0n) is 10.7. The summed E-state index contributed by atoms with van der Waals surface area (Å²) in [6, 6.07) is 6.35. The van der Waals surface area contributed by atoms with Crippen molar-refractivity contribution in [2.45, 2.75) is 40.2 Å². The Bertz CT molecular complexity index is 514. The second-order valence-electron chi connectivity index (χ2n) is 4.91. The Morgan fingerprint density at radius 3 is 2.76 bits per heavy atom. The quantitative estimate of drug-likeness (QED) is 0.817. The predicted molar refractivity (Wildman–Crippen MR) is 76.3 cm³/mol. The fourth-order valence-electron chi connectivity index (χ4n) is 2.15. The summed E-state index contributed by atoms with van der Waals surface area (Å²) >= 11 is 3.51. The molecule has 2 nitrogen and oxygen atoms in total. The van der Waals surface area contributed by atoms with Crippen LogP contribution in [0.25, 0.3) is 11.0 Å². The summed E-state index contributed by atoms with van der Waals surface area (Å²) in [6.45, 7) is 7.75. The van der Waals surface area contributed by atoms with Crippen molar-refractivity contribution < 1.29 is 0 Å². The van der Waals surface area contributed by atoms with Crippen molar-refractivity contribution >= 4 is 27.0 Å². The lowest BCUT2D eigenvalue weighted by molar-refractivity contribution is 0.574. The van der Waals surface area contributed by atoms with Crippen molar-refractivity contribution in [3.63, 3.8) is 0 Å². The smallest absolute Gasteiger partial charge is 0.110 e. The third-order valence-electron chi connectivity index (χ3n) is 2.83. The summed E-state index contributed by atoms with van der Waals surface area (Å²) in [5, 5.41) is 0. The fraction of sp³-hybridized carbons (Fsp3) is 0.500. The number of aryl methyl sites for hydroxylation is 1. The highest BCUT2D eigenvalue weighted by molar-refractivity contribution is 9.10. The van der Waals surface area contributed by atoms with Gasteiger partial charge in [-0.3, -0.25) is 0 Å². The summed E-state index contributed by atoms with van der Waals surface area (Å²) in [5.74, 6) is 1.86. The molecule has 0 bridgehead atoms. The van der Waals surface area contributed by atoms with E-state index in [9.17, 15) is 0 Å². The molecule has 0 radical (unpaired) electrons. The minimum absolute atomic E-state index is 0.644. The minimum Gasteiger partial charge on any atom is -0.328 e. The number of benzene rings is 1. The molecule has 0 spiro atoms. The molecule has 0 unspecified atom stereocenters. The molecule has 2 aromatic rings. The lowest BCUT2D eigenvalue weighted by atomic mass is 10.1. The van der Waals surface area contributed by atoms with Crippen LogP contribution in [0.4, 0.5) is 0 Å². The van der Waals surface area contributed by atoms with Crippen LogP contribution in [0.5, 0.6) is 0 Å². The predicted octanol–water partition coefficient (Wildman–Crippen LogP) is 4.41. The molecule has 0 fully saturated rings. The minimum atomic E-state index is 0.644. The third kappa shape index (κ3) is 2.71. The van der Waals surface area contributed by atoms with Crippen LogP contribution in [0.2, 0.25) is 0 Å². The van der Waals surface area contributed by atoms with Crippen LogP contribution >= 0.6 is 15.9 Å². The lowest BCUT2D eigenvalue weighted by Crippen LogP contribution is -2.06. The van der Waals surface area contributed by atoms with Crippen LogP contribution in [-0.4, -0.2) is 9.55 Å². The Hall–Kier alpha value is -0.830. The summed E-state index contributed by atoms with van der Waals surface area (Å²) in [6.07, 6.45) is 2.19.